The molecule has 0 aliphatic heterocycles. The monoisotopic (exact) mass is 296 g/mol. The van der Waals surface area contributed by atoms with Crippen molar-refractivity contribution in [3.63, 3.8) is 0 Å². The van der Waals surface area contributed by atoms with Crippen LogP contribution in [-0.2, 0) is 16.6 Å². The summed E-state index contributed by atoms with van der Waals surface area (Å²) in [4.78, 5) is 10.7. The van der Waals surface area contributed by atoms with E-state index < -0.39 is 16.0 Å². The maximum atomic E-state index is 12.0. The SMILES string of the molecule is Cc1cc(CNS(=O)(=O)c2cccc(C(=O)O)c2)no1. The fraction of sp³-hybridized carbons (Fsp3) is 0.167. The molecule has 2 aromatic rings. The van der Waals surface area contributed by atoms with E-state index in [0.717, 1.165) is 6.07 Å². The van der Waals surface area contributed by atoms with E-state index in [4.69, 9.17) is 9.63 Å². The van der Waals surface area contributed by atoms with Crippen molar-refractivity contribution in [2.75, 3.05) is 0 Å². The zero-order chi connectivity index (χ0) is 14.8. The first-order valence-corrected chi connectivity index (χ1v) is 7.12. The molecule has 106 valence electrons. The standard InChI is InChI=1S/C12H12N2O5S/c1-8-5-10(14-19-8)7-13-20(17,18)11-4-2-3-9(6-11)12(15)16/h2-6,13H,7H2,1H3,(H,15,16). The summed E-state index contributed by atoms with van der Waals surface area (Å²) in [6.07, 6.45) is 0. The second kappa shape index (κ2) is 5.43. The average molecular weight is 296 g/mol. The second-order valence-corrected chi connectivity index (χ2v) is 5.85. The molecule has 0 aliphatic carbocycles. The van der Waals surface area contributed by atoms with Gasteiger partial charge in [0, 0.05) is 6.07 Å². The van der Waals surface area contributed by atoms with E-state index in [1.165, 1.54) is 18.2 Å². The molecule has 0 bridgehead atoms. The van der Waals surface area contributed by atoms with E-state index in [9.17, 15) is 13.2 Å². The minimum atomic E-state index is -3.80. The highest BCUT2D eigenvalue weighted by atomic mass is 32.2. The van der Waals surface area contributed by atoms with Gasteiger partial charge < -0.3 is 9.63 Å². The van der Waals surface area contributed by atoms with E-state index >= 15 is 0 Å². The lowest BCUT2D eigenvalue weighted by Crippen LogP contribution is -2.23. The summed E-state index contributed by atoms with van der Waals surface area (Å²) in [7, 11) is -3.80. The summed E-state index contributed by atoms with van der Waals surface area (Å²) in [5.41, 5.74) is 0.352. The third-order valence-corrected chi connectivity index (χ3v) is 3.91. The van der Waals surface area contributed by atoms with Crippen LogP contribution in [0.5, 0.6) is 0 Å². The largest absolute Gasteiger partial charge is 0.478 e. The lowest BCUT2D eigenvalue weighted by Gasteiger charge is -2.05. The Bertz CT molecular complexity index is 736. The molecule has 0 saturated carbocycles. The first-order chi connectivity index (χ1) is 9.38. The summed E-state index contributed by atoms with van der Waals surface area (Å²) < 4.78 is 31.2. The first kappa shape index (κ1) is 14.2. The molecule has 0 atom stereocenters. The van der Waals surface area contributed by atoms with E-state index in [1.54, 1.807) is 13.0 Å². The molecule has 2 N–H and O–H groups in total. The summed E-state index contributed by atoms with van der Waals surface area (Å²) in [6, 6.07) is 6.72. The highest BCUT2D eigenvalue weighted by molar-refractivity contribution is 7.89. The number of hydrogen-bond acceptors (Lipinski definition) is 5. The maximum absolute atomic E-state index is 12.0. The van der Waals surface area contributed by atoms with Crippen molar-refractivity contribution in [2.45, 2.75) is 18.4 Å². The van der Waals surface area contributed by atoms with Crippen LogP contribution in [0.4, 0.5) is 0 Å². The molecule has 7 nitrogen and oxygen atoms in total. The molecule has 0 spiro atoms. The summed E-state index contributed by atoms with van der Waals surface area (Å²) in [5, 5.41) is 12.5. The van der Waals surface area contributed by atoms with Crippen LogP contribution in [0.1, 0.15) is 21.8 Å². The maximum Gasteiger partial charge on any atom is 0.335 e. The van der Waals surface area contributed by atoms with Gasteiger partial charge in [-0.3, -0.25) is 0 Å². The number of hydrogen-bond donors (Lipinski definition) is 2. The third-order valence-electron chi connectivity index (χ3n) is 2.51. The number of nitrogens with zero attached hydrogens (tertiary/aromatic N) is 1. The van der Waals surface area contributed by atoms with Gasteiger partial charge >= 0.3 is 5.97 Å². The number of aromatic nitrogens is 1. The molecular weight excluding hydrogens is 284 g/mol. The van der Waals surface area contributed by atoms with Crippen LogP contribution in [0.2, 0.25) is 0 Å². The molecule has 0 unspecified atom stereocenters. The molecule has 1 aromatic heterocycles. The minimum Gasteiger partial charge on any atom is -0.478 e. The summed E-state index contributed by atoms with van der Waals surface area (Å²) in [6.45, 7) is 1.66. The van der Waals surface area contributed by atoms with Crippen molar-refractivity contribution in [1.29, 1.82) is 0 Å². The Kier molecular flexibility index (Phi) is 3.86. The van der Waals surface area contributed by atoms with E-state index in [2.05, 4.69) is 9.88 Å². The van der Waals surface area contributed by atoms with Crippen LogP contribution in [0.15, 0.2) is 39.8 Å². The molecule has 0 fully saturated rings. The van der Waals surface area contributed by atoms with Crippen LogP contribution >= 0.6 is 0 Å². The quantitative estimate of drug-likeness (QED) is 0.856. The normalized spacial score (nSPS) is 11.4. The van der Waals surface area contributed by atoms with Crippen molar-refractivity contribution in [2.24, 2.45) is 0 Å². The Morgan fingerprint density at radius 1 is 1.40 bits per heavy atom. The van der Waals surface area contributed by atoms with Crippen molar-refractivity contribution in [3.05, 3.63) is 47.3 Å². The molecular formula is C12H12N2O5S. The van der Waals surface area contributed by atoms with Crippen LogP contribution in [0.25, 0.3) is 0 Å². The number of carboxylic acid groups (broad SMARTS) is 1. The average Bonchev–Trinajstić information content (AvgIpc) is 2.82. The van der Waals surface area contributed by atoms with E-state index in [0.29, 0.717) is 11.5 Å². The predicted molar refractivity (Wildman–Crippen MR) is 68.7 cm³/mol. The number of aromatic carboxylic acids is 1. The van der Waals surface area contributed by atoms with Crippen LogP contribution < -0.4 is 4.72 Å². The zero-order valence-electron chi connectivity index (χ0n) is 10.5. The fourth-order valence-corrected chi connectivity index (χ4v) is 2.59. The van der Waals surface area contributed by atoms with Gasteiger partial charge in [0.1, 0.15) is 5.76 Å². The molecule has 0 saturated heterocycles. The third kappa shape index (κ3) is 3.22. The summed E-state index contributed by atoms with van der Waals surface area (Å²) >= 11 is 0. The van der Waals surface area contributed by atoms with Crippen LogP contribution in [0, 0.1) is 6.92 Å². The molecule has 1 heterocycles. The predicted octanol–water partition coefficient (Wildman–Crippen LogP) is 1.16. The molecule has 20 heavy (non-hydrogen) atoms. The molecule has 1 aromatic carbocycles. The van der Waals surface area contributed by atoms with Crippen molar-refractivity contribution >= 4 is 16.0 Å². The lowest BCUT2D eigenvalue weighted by atomic mass is 10.2. The molecule has 0 radical (unpaired) electrons. The molecule has 2 rings (SSSR count). The Labute approximate surface area is 115 Å². The van der Waals surface area contributed by atoms with Gasteiger partial charge in [-0.1, -0.05) is 11.2 Å². The number of nitrogens with one attached hydrogen (secondary N) is 1. The number of carboxylic acids is 1. The Hall–Kier alpha value is -2.19. The number of aryl methyl sites for hydroxylation is 1. The number of sulfonamides is 1. The number of benzene rings is 1. The van der Waals surface area contributed by atoms with Gasteiger partial charge in [-0.05, 0) is 25.1 Å². The highest BCUT2D eigenvalue weighted by Gasteiger charge is 2.16. The van der Waals surface area contributed by atoms with Crippen LogP contribution in [-0.4, -0.2) is 24.7 Å². The van der Waals surface area contributed by atoms with Crippen molar-refractivity contribution < 1.29 is 22.8 Å². The number of carbonyl (C=O) groups is 1. The van der Waals surface area contributed by atoms with E-state index in [-0.39, 0.29) is 17.0 Å². The number of rotatable bonds is 5. The Morgan fingerprint density at radius 3 is 2.75 bits per heavy atom. The van der Waals surface area contributed by atoms with Crippen LogP contribution in [0.3, 0.4) is 0 Å². The second-order valence-electron chi connectivity index (χ2n) is 4.09. The van der Waals surface area contributed by atoms with Gasteiger partial charge in [0.05, 0.1) is 22.7 Å². The van der Waals surface area contributed by atoms with Gasteiger partial charge in [0.2, 0.25) is 10.0 Å². The topological polar surface area (TPSA) is 110 Å². The summed E-state index contributed by atoms with van der Waals surface area (Å²) in [5.74, 6) is -0.610. The Morgan fingerprint density at radius 2 is 2.15 bits per heavy atom. The minimum absolute atomic E-state index is 0.0308. The Balaban J connectivity index is 2.17. The molecule has 0 aliphatic rings. The fourth-order valence-electron chi connectivity index (χ4n) is 1.55. The smallest absolute Gasteiger partial charge is 0.335 e. The van der Waals surface area contributed by atoms with E-state index in [1.807, 2.05) is 0 Å². The van der Waals surface area contributed by atoms with Gasteiger partial charge in [-0.25, -0.2) is 17.9 Å². The zero-order valence-corrected chi connectivity index (χ0v) is 11.3. The highest BCUT2D eigenvalue weighted by Crippen LogP contribution is 2.12. The first-order valence-electron chi connectivity index (χ1n) is 5.64. The lowest BCUT2D eigenvalue weighted by molar-refractivity contribution is 0.0696. The van der Waals surface area contributed by atoms with Gasteiger partial charge in [0.25, 0.3) is 0 Å². The van der Waals surface area contributed by atoms with Crippen molar-refractivity contribution in [1.82, 2.24) is 9.88 Å². The molecule has 0 amide bonds. The van der Waals surface area contributed by atoms with Gasteiger partial charge in [-0.2, -0.15) is 0 Å². The van der Waals surface area contributed by atoms with Crippen molar-refractivity contribution in [3.8, 4) is 0 Å². The molecule has 8 heteroatoms. The van der Waals surface area contributed by atoms with Gasteiger partial charge in [0.15, 0.2) is 0 Å². The van der Waals surface area contributed by atoms with Gasteiger partial charge in [-0.15, -0.1) is 0 Å².